The fraction of sp³-hybridized carbons (Fsp3) is 0.800. The second-order valence-corrected chi connectivity index (χ2v) is 17.2. The van der Waals surface area contributed by atoms with E-state index < -0.39 is 10.4 Å². The van der Waals surface area contributed by atoms with Crippen molar-refractivity contribution in [2.24, 2.45) is 30.0 Å². The molecule has 0 atom stereocenters. The van der Waals surface area contributed by atoms with Gasteiger partial charge in [0.25, 0.3) is 0 Å². The minimum atomic E-state index is -4.67. The van der Waals surface area contributed by atoms with Crippen LogP contribution in [0, 0.1) is 0 Å². The summed E-state index contributed by atoms with van der Waals surface area (Å²) in [6.07, 6.45) is 51.0. The number of guanidine groups is 2. The van der Waals surface area contributed by atoms with Crippen LogP contribution >= 0.6 is 0 Å². The van der Waals surface area contributed by atoms with E-state index in [0.29, 0.717) is 11.9 Å². The lowest BCUT2D eigenvalue weighted by atomic mass is 10.1. The molecule has 0 saturated heterocycles. The lowest BCUT2D eigenvalue weighted by Crippen LogP contribution is -2.07. The van der Waals surface area contributed by atoms with Gasteiger partial charge in [-0.25, -0.2) is 30.0 Å². The quantitative estimate of drug-likeness (QED) is 0.0366. The van der Waals surface area contributed by atoms with Gasteiger partial charge in [0, 0.05) is 13.1 Å². The predicted molar refractivity (Wildman–Crippen MR) is 269 cm³/mol. The molecule has 0 aromatic heterocycles. The predicted octanol–water partition coefficient (Wildman–Crippen LogP) is 15.5. The minimum Gasteiger partial charge on any atom is -0.264 e. The normalized spacial score (nSPS) is 13.8. The number of rotatable bonds is 36. The van der Waals surface area contributed by atoms with E-state index >= 15 is 0 Å². The van der Waals surface area contributed by atoms with Gasteiger partial charge in [-0.3, -0.25) is 9.11 Å². The summed E-state index contributed by atoms with van der Waals surface area (Å²) < 4.78 is 31.6. The first-order valence-electron chi connectivity index (χ1n) is 25.0. The van der Waals surface area contributed by atoms with Crippen LogP contribution in [-0.4, -0.2) is 65.4 Å². The monoisotopic (exact) mass is 873 g/mol. The van der Waals surface area contributed by atoms with E-state index in [-0.39, 0.29) is 0 Å². The Morgan fingerprint density at radius 1 is 0.377 bits per heavy atom. The molecule has 0 saturated carbocycles. The number of allylic oxidation sites excluding steroid dienone is 4. The number of nitrogens with zero attached hydrogens (tertiary/aromatic N) is 6. The first-order valence-corrected chi connectivity index (χ1v) is 26.4. The molecule has 352 valence electrons. The van der Waals surface area contributed by atoms with E-state index in [4.69, 9.17) is 17.5 Å². The molecule has 2 N–H and O–H groups in total. The first-order chi connectivity index (χ1) is 29.6. The molecular formula is C50H92N6O4S. The second-order valence-electron chi connectivity index (χ2n) is 16.3. The Balaban J connectivity index is 0.00000106. The van der Waals surface area contributed by atoms with Gasteiger partial charge >= 0.3 is 10.4 Å². The van der Waals surface area contributed by atoms with Crippen molar-refractivity contribution in [2.45, 2.75) is 247 Å². The SMILES string of the molecule is CCCCCCCCC=CCCCCCCCCN=C1N=C(CC)C(CC)=N1.CCCCCCCCC=CCCCCCCCCN=C1N=C(CC)C(CC)=N1.O=S(=O)(O)O. The summed E-state index contributed by atoms with van der Waals surface area (Å²) in [5.41, 5.74) is 4.51. The Morgan fingerprint density at radius 2 is 0.590 bits per heavy atom. The Labute approximate surface area is 375 Å². The maximum atomic E-state index is 8.74. The van der Waals surface area contributed by atoms with Gasteiger partial charge in [-0.05, 0) is 89.9 Å². The Bertz CT molecular complexity index is 1280. The third-order valence-electron chi connectivity index (χ3n) is 10.8. The van der Waals surface area contributed by atoms with Gasteiger partial charge in [-0.1, -0.05) is 181 Å². The number of unbranched alkanes of at least 4 members (excludes halogenated alkanes) is 24. The molecule has 61 heavy (non-hydrogen) atoms. The molecule has 0 amide bonds. The van der Waals surface area contributed by atoms with Crippen LogP contribution < -0.4 is 0 Å². The lowest BCUT2D eigenvalue weighted by Gasteiger charge is -2.00. The van der Waals surface area contributed by atoms with Gasteiger partial charge in [0.05, 0.1) is 22.8 Å². The molecule has 11 heteroatoms. The highest BCUT2D eigenvalue weighted by Gasteiger charge is 2.15. The molecule has 2 rings (SSSR count). The summed E-state index contributed by atoms with van der Waals surface area (Å²) in [6, 6.07) is 0. The van der Waals surface area contributed by atoms with Gasteiger partial charge in [-0.15, -0.1) is 0 Å². The van der Waals surface area contributed by atoms with Gasteiger partial charge in [0.1, 0.15) is 0 Å². The molecule has 0 radical (unpaired) electrons. The molecule has 0 unspecified atom stereocenters. The highest BCUT2D eigenvalue weighted by Crippen LogP contribution is 2.13. The molecule has 0 fully saturated rings. The molecule has 0 aromatic carbocycles. The molecule has 0 bridgehead atoms. The smallest absolute Gasteiger partial charge is 0.264 e. The molecular weight excluding hydrogens is 781 g/mol. The summed E-state index contributed by atoms with van der Waals surface area (Å²) in [5.74, 6) is 1.42. The van der Waals surface area contributed by atoms with E-state index in [1.165, 1.54) is 167 Å². The van der Waals surface area contributed by atoms with E-state index in [2.05, 4.69) is 95.8 Å². The average Bonchev–Trinajstić information content (AvgIpc) is 3.85. The number of hydrogen-bond acceptors (Lipinski definition) is 4. The second kappa shape index (κ2) is 42.7. The summed E-state index contributed by atoms with van der Waals surface area (Å²) in [6.45, 7) is 14.9. The van der Waals surface area contributed by atoms with Crippen molar-refractivity contribution in [1.82, 2.24) is 0 Å². The topological polar surface area (TPSA) is 149 Å². The molecule has 2 heterocycles. The van der Waals surface area contributed by atoms with Crippen LogP contribution in [-0.2, 0) is 10.4 Å². The van der Waals surface area contributed by atoms with Gasteiger partial charge < -0.3 is 0 Å². The van der Waals surface area contributed by atoms with Crippen LogP contribution in [0.1, 0.15) is 247 Å². The Morgan fingerprint density at radius 3 is 0.820 bits per heavy atom. The third kappa shape index (κ3) is 38.8. The van der Waals surface area contributed by atoms with Crippen LogP contribution in [0.25, 0.3) is 0 Å². The van der Waals surface area contributed by atoms with Crippen molar-refractivity contribution in [2.75, 3.05) is 13.1 Å². The van der Waals surface area contributed by atoms with E-state index in [1.54, 1.807) is 0 Å². The number of aliphatic imine (C=N–C) groups is 6. The standard InChI is InChI=1S/2C25H45N3.H2O4S/c2*1-4-7-8-9-10-11-12-13-14-15-16-17-18-19-20-21-22-26-25-27-23(5-2)24(6-3)28-25;1-5(2,3)4/h2*13-14H,4-12,15-22H2,1-3H3;(H2,1,2,3,4). The van der Waals surface area contributed by atoms with Crippen molar-refractivity contribution in [3.05, 3.63) is 24.3 Å². The van der Waals surface area contributed by atoms with Crippen LogP contribution in [0.2, 0.25) is 0 Å². The fourth-order valence-electron chi connectivity index (χ4n) is 7.14. The summed E-state index contributed by atoms with van der Waals surface area (Å²) >= 11 is 0. The van der Waals surface area contributed by atoms with Gasteiger partial charge in [0.15, 0.2) is 0 Å². The summed E-state index contributed by atoms with van der Waals surface area (Å²) in [5, 5.41) is 0. The van der Waals surface area contributed by atoms with Crippen molar-refractivity contribution in [3.63, 3.8) is 0 Å². The highest BCUT2D eigenvalue weighted by molar-refractivity contribution is 7.79. The van der Waals surface area contributed by atoms with Crippen molar-refractivity contribution in [1.29, 1.82) is 0 Å². The van der Waals surface area contributed by atoms with Crippen LogP contribution in [0.3, 0.4) is 0 Å². The van der Waals surface area contributed by atoms with Gasteiger partial charge in [0.2, 0.25) is 11.9 Å². The highest BCUT2D eigenvalue weighted by atomic mass is 32.3. The molecule has 2 aliphatic rings. The zero-order chi connectivity index (χ0) is 45.1. The maximum Gasteiger partial charge on any atom is 0.394 e. The molecule has 0 aromatic rings. The first kappa shape index (κ1) is 58.4. The van der Waals surface area contributed by atoms with Crippen LogP contribution in [0.5, 0.6) is 0 Å². The molecule has 0 aliphatic carbocycles. The van der Waals surface area contributed by atoms with Crippen molar-refractivity contribution >= 4 is 45.2 Å². The number of hydrogen-bond donors (Lipinski definition) is 2. The van der Waals surface area contributed by atoms with Gasteiger partial charge in [-0.2, -0.15) is 8.42 Å². The largest absolute Gasteiger partial charge is 0.394 e. The fourth-order valence-corrected chi connectivity index (χ4v) is 7.14. The van der Waals surface area contributed by atoms with Crippen LogP contribution in [0.15, 0.2) is 54.3 Å². The zero-order valence-corrected chi connectivity index (χ0v) is 41.0. The molecule has 0 spiro atoms. The summed E-state index contributed by atoms with van der Waals surface area (Å²) in [7, 11) is -4.67. The zero-order valence-electron chi connectivity index (χ0n) is 40.2. The third-order valence-corrected chi connectivity index (χ3v) is 10.8. The van der Waals surface area contributed by atoms with E-state index in [9.17, 15) is 0 Å². The molecule has 2 aliphatic heterocycles. The van der Waals surface area contributed by atoms with E-state index in [1.807, 2.05) is 0 Å². The lowest BCUT2D eigenvalue weighted by molar-refractivity contribution is 0.381. The Hall–Kier alpha value is -2.63. The average molecular weight is 873 g/mol. The summed E-state index contributed by atoms with van der Waals surface area (Å²) in [4.78, 5) is 27.2. The Kier molecular flexibility index (Phi) is 40.8. The van der Waals surface area contributed by atoms with E-state index in [0.717, 1.165) is 74.5 Å². The van der Waals surface area contributed by atoms with Crippen molar-refractivity contribution < 1.29 is 17.5 Å². The minimum absolute atomic E-state index is 0.710. The molecule has 10 nitrogen and oxygen atoms in total. The maximum absolute atomic E-state index is 8.74. The van der Waals surface area contributed by atoms with Crippen LogP contribution in [0.4, 0.5) is 0 Å². The van der Waals surface area contributed by atoms with Crippen molar-refractivity contribution in [3.8, 4) is 0 Å².